The van der Waals surface area contributed by atoms with Crippen LogP contribution in [0.5, 0.6) is 11.6 Å². The summed E-state index contributed by atoms with van der Waals surface area (Å²) in [6.07, 6.45) is -2.34. The summed E-state index contributed by atoms with van der Waals surface area (Å²) in [4.78, 5) is 23.3. The first-order chi connectivity index (χ1) is 19.8. The molecule has 1 saturated carbocycles. The van der Waals surface area contributed by atoms with Crippen molar-refractivity contribution in [3.8, 4) is 11.6 Å². The molecular formula is C28H30F3N7O4. The molecule has 4 heterocycles. The van der Waals surface area contributed by atoms with Crippen molar-refractivity contribution in [2.75, 3.05) is 5.32 Å². The van der Waals surface area contributed by atoms with Crippen LogP contribution in [0.4, 0.5) is 19.0 Å². The maximum atomic E-state index is 13.4. The van der Waals surface area contributed by atoms with Crippen molar-refractivity contribution >= 4 is 22.6 Å². The number of benzene rings is 1. The number of nitrogens with two attached hydrogens (primary N) is 1. The Kier molecular flexibility index (Phi) is 6.46. The van der Waals surface area contributed by atoms with Gasteiger partial charge in [-0.15, -0.1) is 0 Å². The number of carbonyl (C=O) groups is 1. The molecule has 4 N–H and O–H groups in total. The van der Waals surface area contributed by atoms with Gasteiger partial charge in [0.15, 0.2) is 11.6 Å². The third-order valence-corrected chi connectivity index (χ3v) is 7.88. The van der Waals surface area contributed by atoms with E-state index in [1.807, 2.05) is 6.92 Å². The lowest BCUT2D eigenvalue weighted by Gasteiger charge is -2.37. The van der Waals surface area contributed by atoms with Crippen LogP contribution in [0.15, 0.2) is 47.4 Å². The SMILES string of the molecule is C[C@H]1Cc2c(ncnc2Oc2ccc3c(ccn3C(O)Nc3cc(C4(C(F)(F)F)CC4)on3)c2)CN1C(=O)C(C)(C)N. The lowest BCUT2D eigenvalue weighted by molar-refractivity contribution is -0.165. The molecule has 1 aromatic carbocycles. The van der Waals surface area contributed by atoms with Gasteiger partial charge < -0.3 is 34.9 Å². The number of aliphatic hydroxyl groups is 1. The van der Waals surface area contributed by atoms with Gasteiger partial charge in [-0.2, -0.15) is 13.2 Å². The second-order valence-electron chi connectivity index (χ2n) is 11.5. The molecular weight excluding hydrogens is 555 g/mol. The Morgan fingerprint density at radius 3 is 2.69 bits per heavy atom. The number of anilines is 1. The topological polar surface area (TPSA) is 145 Å². The molecule has 42 heavy (non-hydrogen) atoms. The third-order valence-electron chi connectivity index (χ3n) is 7.88. The van der Waals surface area contributed by atoms with Gasteiger partial charge in [0, 0.05) is 29.3 Å². The summed E-state index contributed by atoms with van der Waals surface area (Å²) in [7, 11) is 0. The zero-order valence-electron chi connectivity index (χ0n) is 23.1. The summed E-state index contributed by atoms with van der Waals surface area (Å²) in [6.45, 7) is 5.59. The number of hydrogen-bond donors (Lipinski definition) is 3. The van der Waals surface area contributed by atoms with Gasteiger partial charge in [0.05, 0.1) is 23.3 Å². The zero-order chi connectivity index (χ0) is 30.0. The Morgan fingerprint density at radius 2 is 2.00 bits per heavy atom. The van der Waals surface area contributed by atoms with Crippen molar-refractivity contribution in [3.05, 3.63) is 59.9 Å². The highest BCUT2D eigenvalue weighted by atomic mass is 19.4. The first-order valence-corrected chi connectivity index (χ1v) is 13.5. The monoisotopic (exact) mass is 585 g/mol. The second kappa shape index (κ2) is 9.70. The molecule has 0 spiro atoms. The van der Waals surface area contributed by atoms with Crippen LogP contribution in [0, 0.1) is 0 Å². The molecule has 0 saturated heterocycles. The molecule has 0 bridgehead atoms. The summed E-state index contributed by atoms with van der Waals surface area (Å²) in [5.41, 5.74) is 5.18. The second-order valence-corrected chi connectivity index (χ2v) is 11.5. The van der Waals surface area contributed by atoms with Gasteiger partial charge in [0.25, 0.3) is 0 Å². The van der Waals surface area contributed by atoms with E-state index in [9.17, 15) is 23.1 Å². The summed E-state index contributed by atoms with van der Waals surface area (Å²) in [5, 5.41) is 17.9. The van der Waals surface area contributed by atoms with Crippen LogP contribution < -0.4 is 15.8 Å². The molecule has 1 amide bonds. The molecule has 3 aromatic heterocycles. The van der Waals surface area contributed by atoms with Gasteiger partial charge in [-0.3, -0.25) is 4.79 Å². The largest absolute Gasteiger partial charge is 0.439 e. The number of amides is 1. The Balaban J connectivity index is 1.18. The third kappa shape index (κ3) is 4.83. The minimum atomic E-state index is -4.43. The molecule has 2 aliphatic rings. The lowest BCUT2D eigenvalue weighted by atomic mass is 9.96. The fourth-order valence-electron chi connectivity index (χ4n) is 5.32. The Hall–Kier alpha value is -4.17. The molecule has 2 atom stereocenters. The number of carbonyl (C=O) groups excluding carboxylic acids is 1. The van der Waals surface area contributed by atoms with Gasteiger partial charge in [0.1, 0.15) is 17.5 Å². The average molecular weight is 586 g/mol. The van der Waals surface area contributed by atoms with E-state index < -0.39 is 23.5 Å². The highest BCUT2D eigenvalue weighted by Crippen LogP contribution is 2.59. The van der Waals surface area contributed by atoms with Crippen molar-refractivity contribution in [2.24, 2.45) is 5.73 Å². The standard InChI is InChI=1S/C28H30F3N7O4/c1-15-10-18-19(13-38(15)24(39)26(2,3)32)33-14-34-23(18)41-17-4-5-20-16(11-17)6-9-37(20)25(40)35-22-12-21(42-36-22)27(7-8-27)28(29,30)31/h4-6,9,11-12,14-15,25,40H,7-8,10,13,32H2,1-3H3,(H,35,36)/t15-,25?/m0/s1. The van der Waals surface area contributed by atoms with Crippen LogP contribution in [0.2, 0.25) is 0 Å². The Morgan fingerprint density at radius 1 is 1.24 bits per heavy atom. The fourth-order valence-corrected chi connectivity index (χ4v) is 5.32. The molecule has 1 aliphatic carbocycles. The minimum Gasteiger partial charge on any atom is -0.439 e. The molecule has 0 radical (unpaired) electrons. The quantitative estimate of drug-likeness (QED) is 0.269. The van der Waals surface area contributed by atoms with Gasteiger partial charge in [-0.1, -0.05) is 5.16 Å². The number of nitrogens with one attached hydrogen (secondary N) is 1. The lowest BCUT2D eigenvalue weighted by Crippen LogP contribution is -2.55. The predicted molar refractivity (Wildman–Crippen MR) is 144 cm³/mol. The number of aromatic nitrogens is 4. The maximum Gasteiger partial charge on any atom is 0.401 e. The van der Waals surface area contributed by atoms with E-state index in [-0.39, 0.29) is 36.4 Å². The smallest absolute Gasteiger partial charge is 0.401 e. The van der Waals surface area contributed by atoms with E-state index in [2.05, 4.69) is 20.4 Å². The molecule has 14 heteroatoms. The van der Waals surface area contributed by atoms with Crippen molar-refractivity contribution in [2.45, 2.75) is 76.1 Å². The molecule has 6 rings (SSSR count). The maximum absolute atomic E-state index is 13.4. The minimum absolute atomic E-state index is 0.00659. The first-order valence-electron chi connectivity index (χ1n) is 13.5. The molecule has 11 nitrogen and oxygen atoms in total. The summed E-state index contributed by atoms with van der Waals surface area (Å²) >= 11 is 0. The molecule has 1 aliphatic heterocycles. The number of fused-ring (bicyclic) bond motifs is 2. The van der Waals surface area contributed by atoms with E-state index in [0.717, 1.165) is 10.9 Å². The molecule has 4 aromatic rings. The summed E-state index contributed by atoms with van der Waals surface area (Å²) < 4.78 is 52.8. The van der Waals surface area contributed by atoms with Gasteiger partial charge in [-0.25, -0.2) is 9.97 Å². The number of ether oxygens (including phenoxy) is 1. The number of nitrogens with zero attached hydrogens (tertiary/aromatic N) is 5. The average Bonchev–Trinajstić information content (AvgIpc) is 3.44. The van der Waals surface area contributed by atoms with Gasteiger partial charge >= 0.3 is 6.18 Å². The normalized spacial score (nSPS) is 19.0. The van der Waals surface area contributed by atoms with Crippen molar-refractivity contribution in [1.82, 2.24) is 24.6 Å². The van der Waals surface area contributed by atoms with Crippen molar-refractivity contribution in [1.29, 1.82) is 0 Å². The predicted octanol–water partition coefficient (Wildman–Crippen LogP) is 4.38. The molecule has 222 valence electrons. The van der Waals surface area contributed by atoms with Gasteiger partial charge in [-0.05, 0) is 64.3 Å². The molecule has 1 fully saturated rings. The molecule has 1 unspecified atom stereocenters. The van der Waals surface area contributed by atoms with E-state index in [0.29, 0.717) is 35.8 Å². The van der Waals surface area contributed by atoms with Crippen LogP contribution in [-0.2, 0) is 23.2 Å². The van der Waals surface area contributed by atoms with Crippen molar-refractivity contribution < 1.29 is 32.3 Å². The van der Waals surface area contributed by atoms with Crippen LogP contribution in [0.1, 0.15) is 57.0 Å². The van der Waals surface area contributed by atoms with Crippen LogP contribution in [-0.4, -0.2) is 53.4 Å². The van der Waals surface area contributed by atoms with E-state index in [4.69, 9.17) is 15.0 Å². The number of hydrogen-bond acceptors (Lipinski definition) is 9. The number of halogens is 3. The van der Waals surface area contributed by atoms with Crippen LogP contribution in [0.25, 0.3) is 10.9 Å². The number of alkyl halides is 3. The Labute approximate surface area is 238 Å². The Bertz CT molecular complexity index is 1660. The number of rotatable bonds is 7. The van der Waals surface area contributed by atoms with E-state index in [1.54, 1.807) is 49.2 Å². The van der Waals surface area contributed by atoms with Crippen molar-refractivity contribution in [3.63, 3.8) is 0 Å². The van der Waals surface area contributed by atoms with Crippen LogP contribution in [0.3, 0.4) is 0 Å². The van der Waals surface area contributed by atoms with E-state index >= 15 is 0 Å². The highest BCUT2D eigenvalue weighted by molar-refractivity contribution is 5.85. The van der Waals surface area contributed by atoms with E-state index in [1.165, 1.54) is 17.0 Å². The fraction of sp³-hybridized carbons (Fsp3) is 0.429. The summed E-state index contributed by atoms with van der Waals surface area (Å²) in [6, 6.07) is 8.05. The van der Waals surface area contributed by atoms with Crippen LogP contribution >= 0.6 is 0 Å². The van der Waals surface area contributed by atoms with Gasteiger partial charge in [0.2, 0.25) is 18.1 Å². The summed E-state index contributed by atoms with van der Waals surface area (Å²) in [5.74, 6) is 0.451. The first kappa shape index (κ1) is 28.0. The highest BCUT2D eigenvalue weighted by Gasteiger charge is 2.67. The zero-order valence-corrected chi connectivity index (χ0v) is 23.1. The number of aliphatic hydroxyl groups excluding tert-OH is 1.